The molecule has 0 saturated heterocycles. The minimum atomic E-state index is -5.67. The van der Waals surface area contributed by atoms with Gasteiger partial charge in [-0.05, 0) is 0 Å². The summed E-state index contributed by atoms with van der Waals surface area (Å²) in [4.78, 5) is 0. The highest BCUT2D eigenvalue weighted by molar-refractivity contribution is 7.81. The Morgan fingerprint density at radius 3 is 1.17 bits per heavy atom. The molecule has 12 heavy (non-hydrogen) atoms. The Morgan fingerprint density at radius 2 is 1.17 bits per heavy atom. The molecule has 0 aliphatic heterocycles. The van der Waals surface area contributed by atoms with Crippen molar-refractivity contribution in [3.8, 4) is 0 Å². The lowest BCUT2D eigenvalue weighted by molar-refractivity contribution is 0.163. The molecule has 0 amide bonds. The van der Waals surface area contributed by atoms with E-state index < -0.39 is 20.1 Å². The van der Waals surface area contributed by atoms with E-state index in [0.717, 1.165) is 0 Å². The highest BCUT2D eigenvalue weighted by Gasteiger charge is 2.04. The first-order valence-electron chi connectivity index (χ1n) is 2.57. The molecule has 76 valence electrons. The van der Waals surface area contributed by atoms with Crippen LogP contribution in [-0.2, 0) is 23.9 Å². The Hall–Kier alpha value is -0.0931. The van der Waals surface area contributed by atoms with Gasteiger partial charge in [-0.1, -0.05) is 7.77 Å². The molecule has 0 aromatic rings. The predicted octanol–water partition coefficient (Wildman–Crippen LogP) is -0.187. The van der Waals surface area contributed by atoms with Gasteiger partial charge in [-0.3, -0.25) is 0 Å². The van der Waals surface area contributed by atoms with E-state index in [1.165, 1.54) is 0 Å². The van der Waals surface area contributed by atoms with Crippen LogP contribution < -0.4 is 0 Å². The average molecular weight is 224 g/mol. The van der Waals surface area contributed by atoms with Gasteiger partial charge in [0.15, 0.2) is 0 Å². The largest absolute Gasteiger partial charge is 0.483 e. The monoisotopic (exact) mass is 224 g/mol. The maximum absolute atomic E-state index is 9.99. The molecule has 0 N–H and O–H groups in total. The number of halogens is 2. The molecule has 0 spiro atoms. The van der Waals surface area contributed by atoms with E-state index in [0.29, 0.717) is 0 Å². The van der Waals surface area contributed by atoms with Gasteiger partial charge < -0.3 is 13.3 Å². The van der Waals surface area contributed by atoms with Gasteiger partial charge in [0.25, 0.3) is 0 Å². The van der Waals surface area contributed by atoms with E-state index in [1.807, 2.05) is 0 Å². The van der Waals surface area contributed by atoms with Gasteiger partial charge in [0, 0.05) is 21.3 Å². The van der Waals surface area contributed by atoms with Crippen molar-refractivity contribution in [3.63, 3.8) is 0 Å². The number of hydrogen-bond donors (Lipinski definition) is 0. The Labute approximate surface area is 71.7 Å². The van der Waals surface area contributed by atoms with E-state index in [-0.39, 0.29) is 0 Å². The standard InChI is InChI=1S/C3H10O3Si.F2O2S/c1-4-7(5-2)6-3;1-5(2,3)4/h7H,1-3H3;. The molecule has 0 aliphatic carbocycles. The summed E-state index contributed by atoms with van der Waals surface area (Å²) in [6, 6.07) is 0. The van der Waals surface area contributed by atoms with Crippen molar-refractivity contribution in [1.29, 1.82) is 0 Å². The zero-order chi connectivity index (χ0) is 10.2. The number of rotatable bonds is 3. The Bertz CT molecular complexity index is 166. The van der Waals surface area contributed by atoms with E-state index in [4.69, 9.17) is 21.7 Å². The van der Waals surface area contributed by atoms with Crippen LogP contribution in [0.5, 0.6) is 0 Å². The lowest BCUT2D eigenvalue weighted by Gasteiger charge is -2.05. The second kappa shape index (κ2) is 7.55. The normalized spacial score (nSPS) is 10.8. The van der Waals surface area contributed by atoms with Crippen LogP contribution in [0.15, 0.2) is 0 Å². The van der Waals surface area contributed by atoms with Gasteiger partial charge in [0.2, 0.25) is 0 Å². The molecule has 0 rings (SSSR count). The van der Waals surface area contributed by atoms with Crippen molar-refractivity contribution in [2.75, 3.05) is 21.3 Å². The van der Waals surface area contributed by atoms with Gasteiger partial charge in [-0.15, -0.1) is 0 Å². The summed E-state index contributed by atoms with van der Waals surface area (Å²) >= 11 is 0. The van der Waals surface area contributed by atoms with E-state index >= 15 is 0 Å². The quantitative estimate of drug-likeness (QED) is 0.491. The zero-order valence-corrected chi connectivity index (χ0v) is 8.75. The van der Waals surface area contributed by atoms with Crippen molar-refractivity contribution in [2.24, 2.45) is 0 Å². The van der Waals surface area contributed by atoms with Crippen molar-refractivity contribution in [1.82, 2.24) is 0 Å². The first-order chi connectivity index (χ1) is 5.35. The zero-order valence-electron chi connectivity index (χ0n) is 6.78. The van der Waals surface area contributed by atoms with Crippen LogP contribution in [0.3, 0.4) is 0 Å². The second-order valence-corrected chi connectivity index (χ2v) is 4.12. The van der Waals surface area contributed by atoms with Crippen LogP contribution in [-0.4, -0.2) is 39.3 Å². The topological polar surface area (TPSA) is 61.8 Å². The number of hydrogen-bond acceptors (Lipinski definition) is 5. The Balaban J connectivity index is 0. The Kier molecular flexibility index (Phi) is 9.08. The fourth-order valence-electron chi connectivity index (χ4n) is 0.289. The molecule has 0 aromatic heterocycles. The third-order valence-electron chi connectivity index (χ3n) is 0.577. The van der Waals surface area contributed by atoms with Crippen molar-refractivity contribution in [3.05, 3.63) is 0 Å². The van der Waals surface area contributed by atoms with Crippen LogP contribution in [0, 0.1) is 0 Å². The fraction of sp³-hybridized carbons (Fsp3) is 1.00. The van der Waals surface area contributed by atoms with Crippen LogP contribution >= 0.6 is 0 Å². The fourth-order valence-corrected chi connectivity index (χ4v) is 0.866. The van der Waals surface area contributed by atoms with Crippen molar-refractivity contribution >= 4 is 20.1 Å². The predicted molar refractivity (Wildman–Crippen MR) is 39.3 cm³/mol. The van der Waals surface area contributed by atoms with Gasteiger partial charge >= 0.3 is 20.1 Å². The summed E-state index contributed by atoms with van der Waals surface area (Å²) in [5.41, 5.74) is 0. The Morgan fingerprint density at radius 1 is 1.00 bits per heavy atom. The molecule has 0 unspecified atom stereocenters. The lowest BCUT2D eigenvalue weighted by atomic mass is 11.8. The second-order valence-electron chi connectivity index (χ2n) is 1.37. The average Bonchev–Trinajstić information content (AvgIpc) is 1.88. The summed E-state index contributed by atoms with van der Waals surface area (Å²) in [5.74, 6) is 0. The third kappa shape index (κ3) is 22.5. The van der Waals surface area contributed by atoms with Crippen molar-refractivity contribution in [2.45, 2.75) is 0 Å². The molecule has 0 radical (unpaired) electrons. The molecule has 0 saturated carbocycles. The minimum absolute atomic E-state index is 1.57. The van der Waals surface area contributed by atoms with E-state index in [9.17, 15) is 7.77 Å². The van der Waals surface area contributed by atoms with Gasteiger partial charge in [-0.2, -0.15) is 8.42 Å². The molecule has 5 nitrogen and oxygen atoms in total. The van der Waals surface area contributed by atoms with Crippen LogP contribution in [0.25, 0.3) is 0 Å². The molecule has 0 aliphatic rings. The molecule has 9 heteroatoms. The highest BCUT2D eigenvalue weighted by atomic mass is 32.3. The molecule has 0 aromatic carbocycles. The van der Waals surface area contributed by atoms with E-state index in [1.54, 1.807) is 21.3 Å². The summed E-state index contributed by atoms with van der Waals surface area (Å²) in [5, 5.41) is 0. The first-order valence-corrected chi connectivity index (χ1v) is 5.27. The molecular weight excluding hydrogens is 214 g/mol. The summed E-state index contributed by atoms with van der Waals surface area (Å²) < 4.78 is 50.8. The molecule has 0 fully saturated rings. The summed E-state index contributed by atoms with van der Waals surface area (Å²) in [6.45, 7) is 0. The van der Waals surface area contributed by atoms with E-state index in [2.05, 4.69) is 0 Å². The van der Waals surface area contributed by atoms with Gasteiger partial charge in [-0.25, -0.2) is 0 Å². The molecular formula is C3H10F2O5SSi. The van der Waals surface area contributed by atoms with Crippen LogP contribution in [0.4, 0.5) is 7.77 Å². The maximum atomic E-state index is 9.99. The van der Waals surface area contributed by atoms with Gasteiger partial charge in [0.1, 0.15) is 0 Å². The maximum Gasteiger partial charge on any atom is 0.483 e. The highest BCUT2D eigenvalue weighted by Crippen LogP contribution is 1.85. The first kappa shape index (κ1) is 14.4. The summed E-state index contributed by atoms with van der Waals surface area (Å²) in [6.07, 6.45) is 0. The molecule has 0 heterocycles. The smallest absolute Gasteiger partial charge is 0.379 e. The van der Waals surface area contributed by atoms with Crippen molar-refractivity contribution < 1.29 is 29.5 Å². The van der Waals surface area contributed by atoms with Crippen LogP contribution in [0.2, 0.25) is 0 Å². The van der Waals surface area contributed by atoms with Crippen LogP contribution in [0.1, 0.15) is 0 Å². The molecule has 0 atom stereocenters. The SMILES string of the molecule is CO[SiH](OC)OC.O=S(=O)(F)F. The third-order valence-corrected chi connectivity index (χ3v) is 1.73. The lowest BCUT2D eigenvalue weighted by Crippen LogP contribution is -2.21. The minimum Gasteiger partial charge on any atom is -0.379 e. The van der Waals surface area contributed by atoms with Gasteiger partial charge in [0.05, 0.1) is 0 Å². The summed E-state index contributed by atoms with van der Waals surface area (Å²) in [7, 11) is -2.62. The molecule has 0 bridgehead atoms.